The Balaban J connectivity index is 1.45. The Kier molecular flexibility index (Phi) is 5.74. The SMILES string of the molecule is c1ccc(-c2nc(-c3ccccc3)nc(-n3c4c5cncnc5ccc4c4ccc5c6ccccc6n(-c6ccccc6)c5c43)n2)cc1. The molecule has 0 saturated heterocycles. The first-order chi connectivity index (χ1) is 23.8. The Hall–Kier alpha value is -6.73. The molecule has 0 atom stereocenters. The van der Waals surface area contributed by atoms with E-state index in [1.165, 1.54) is 5.39 Å². The number of rotatable bonds is 4. The van der Waals surface area contributed by atoms with Crippen molar-refractivity contribution in [2.75, 3.05) is 0 Å². The summed E-state index contributed by atoms with van der Waals surface area (Å²) in [6.07, 6.45) is 3.48. The van der Waals surface area contributed by atoms with Crippen molar-refractivity contribution in [2.24, 2.45) is 0 Å². The Morgan fingerprint density at radius 1 is 0.417 bits per heavy atom. The molecule has 0 amide bonds. The van der Waals surface area contributed by atoms with Gasteiger partial charge in [-0.15, -0.1) is 0 Å². The zero-order chi connectivity index (χ0) is 31.6. The highest BCUT2D eigenvalue weighted by molar-refractivity contribution is 6.26. The molecule has 0 fully saturated rings. The van der Waals surface area contributed by atoms with E-state index >= 15 is 0 Å². The van der Waals surface area contributed by atoms with E-state index in [-0.39, 0.29) is 0 Å². The fourth-order valence-corrected chi connectivity index (χ4v) is 7.04. The number of hydrogen-bond acceptors (Lipinski definition) is 5. The van der Waals surface area contributed by atoms with Gasteiger partial charge in [-0.25, -0.2) is 15.0 Å². The predicted octanol–water partition coefficient (Wildman–Crippen LogP) is 9.34. The molecule has 0 spiro atoms. The number of fused-ring (bicyclic) bond motifs is 9. The monoisotopic (exact) mass is 615 g/mol. The van der Waals surface area contributed by atoms with Crippen molar-refractivity contribution in [3.05, 3.63) is 152 Å². The lowest BCUT2D eigenvalue weighted by atomic mass is 10.1. The average Bonchev–Trinajstić information content (AvgIpc) is 3.69. The second-order valence-corrected chi connectivity index (χ2v) is 11.8. The van der Waals surface area contributed by atoms with Crippen molar-refractivity contribution in [1.82, 2.24) is 34.1 Å². The number of aromatic nitrogens is 7. The van der Waals surface area contributed by atoms with Gasteiger partial charge in [-0.3, -0.25) is 4.57 Å². The van der Waals surface area contributed by atoms with Gasteiger partial charge in [0.1, 0.15) is 6.33 Å². The predicted molar refractivity (Wildman–Crippen MR) is 192 cm³/mol. The van der Waals surface area contributed by atoms with Gasteiger partial charge in [-0.05, 0) is 30.3 Å². The summed E-state index contributed by atoms with van der Waals surface area (Å²) >= 11 is 0. The van der Waals surface area contributed by atoms with Crippen molar-refractivity contribution in [1.29, 1.82) is 0 Å². The van der Waals surface area contributed by atoms with Gasteiger partial charge < -0.3 is 4.57 Å². The summed E-state index contributed by atoms with van der Waals surface area (Å²) in [5.41, 5.74) is 7.90. The highest BCUT2D eigenvalue weighted by Gasteiger charge is 2.24. The Labute approximate surface area is 274 Å². The fourth-order valence-electron chi connectivity index (χ4n) is 7.04. The molecule has 0 radical (unpaired) electrons. The molecule has 4 aromatic heterocycles. The molecule has 0 unspecified atom stereocenters. The van der Waals surface area contributed by atoms with Gasteiger partial charge in [0.05, 0.1) is 27.6 Å². The minimum atomic E-state index is 0.524. The van der Waals surface area contributed by atoms with Crippen LogP contribution < -0.4 is 0 Å². The zero-order valence-electron chi connectivity index (χ0n) is 25.6. The summed E-state index contributed by atoms with van der Waals surface area (Å²) in [5.74, 6) is 1.72. The normalized spacial score (nSPS) is 11.8. The summed E-state index contributed by atoms with van der Waals surface area (Å²) < 4.78 is 4.57. The van der Waals surface area contributed by atoms with E-state index in [1.807, 2.05) is 66.9 Å². The molecule has 48 heavy (non-hydrogen) atoms. The van der Waals surface area contributed by atoms with Crippen LogP contribution in [0, 0.1) is 0 Å². The lowest BCUT2D eigenvalue weighted by Gasteiger charge is -2.13. The van der Waals surface area contributed by atoms with Gasteiger partial charge in [-0.2, -0.15) is 9.97 Å². The van der Waals surface area contributed by atoms with E-state index in [0.717, 1.165) is 65.9 Å². The quantitative estimate of drug-likeness (QED) is 0.197. The van der Waals surface area contributed by atoms with Crippen LogP contribution in [0.4, 0.5) is 0 Å². The van der Waals surface area contributed by atoms with Gasteiger partial charge in [0, 0.05) is 49.9 Å². The van der Waals surface area contributed by atoms with Crippen LogP contribution in [0.15, 0.2) is 152 Å². The minimum Gasteiger partial charge on any atom is -0.307 e. The Morgan fingerprint density at radius 3 is 1.69 bits per heavy atom. The van der Waals surface area contributed by atoms with E-state index < -0.39 is 0 Å². The lowest BCUT2D eigenvalue weighted by molar-refractivity contribution is 0.955. The number of nitrogens with zero attached hydrogens (tertiary/aromatic N) is 7. The second-order valence-electron chi connectivity index (χ2n) is 11.8. The third-order valence-electron chi connectivity index (χ3n) is 9.11. The summed E-state index contributed by atoms with van der Waals surface area (Å²) in [6, 6.07) is 48.0. The van der Waals surface area contributed by atoms with Gasteiger partial charge in [0.25, 0.3) is 0 Å². The third kappa shape index (κ3) is 3.91. The summed E-state index contributed by atoms with van der Waals surface area (Å²) in [6.45, 7) is 0. The molecule has 0 saturated carbocycles. The molecule has 0 aliphatic carbocycles. The lowest BCUT2D eigenvalue weighted by Crippen LogP contribution is -2.07. The molecule has 7 heteroatoms. The van der Waals surface area contributed by atoms with Crippen molar-refractivity contribution in [3.8, 4) is 34.4 Å². The summed E-state index contributed by atoms with van der Waals surface area (Å²) in [5, 5.41) is 5.40. The first kappa shape index (κ1) is 26.5. The molecular formula is C41H25N7. The largest absolute Gasteiger partial charge is 0.307 e. The highest BCUT2D eigenvalue weighted by Crippen LogP contribution is 2.43. The molecule has 224 valence electrons. The van der Waals surface area contributed by atoms with Crippen LogP contribution in [0.2, 0.25) is 0 Å². The maximum absolute atomic E-state index is 5.23. The van der Waals surface area contributed by atoms with E-state index in [0.29, 0.717) is 17.6 Å². The van der Waals surface area contributed by atoms with E-state index in [1.54, 1.807) is 6.33 Å². The Morgan fingerprint density at radius 2 is 0.979 bits per heavy atom. The molecule has 6 aromatic carbocycles. The smallest absolute Gasteiger partial charge is 0.238 e. The van der Waals surface area contributed by atoms with Crippen LogP contribution in [0.3, 0.4) is 0 Å². The topological polar surface area (TPSA) is 74.3 Å². The van der Waals surface area contributed by atoms with Crippen LogP contribution >= 0.6 is 0 Å². The van der Waals surface area contributed by atoms with Crippen LogP contribution in [-0.2, 0) is 0 Å². The maximum atomic E-state index is 5.23. The molecule has 10 rings (SSSR count). The van der Waals surface area contributed by atoms with Crippen molar-refractivity contribution >= 4 is 54.5 Å². The number of benzene rings is 6. The first-order valence-electron chi connectivity index (χ1n) is 15.9. The van der Waals surface area contributed by atoms with E-state index in [2.05, 4.69) is 98.0 Å². The number of para-hydroxylation sites is 2. The summed E-state index contributed by atoms with van der Waals surface area (Å²) in [4.78, 5) is 24.6. The van der Waals surface area contributed by atoms with Gasteiger partial charge in [0.15, 0.2) is 11.6 Å². The average molecular weight is 616 g/mol. The van der Waals surface area contributed by atoms with Gasteiger partial charge in [-0.1, -0.05) is 109 Å². The van der Waals surface area contributed by atoms with Crippen LogP contribution in [-0.4, -0.2) is 34.1 Å². The third-order valence-corrected chi connectivity index (χ3v) is 9.11. The maximum Gasteiger partial charge on any atom is 0.238 e. The molecule has 0 N–H and O–H groups in total. The molecule has 0 aliphatic rings. The van der Waals surface area contributed by atoms with Gasteiger partial charge >= 0.3 is 0 Å². The molecule has 10 aromatic rings. The molecule has 0 aliphatic heterocycles. The van der Waals surface area contributed by atoms with E-state index in [4.69, 9.17) is 15.0 Å². The van der Waals surface area contributed by atoms with Crippen molar-refractivity contribution in [2.45, 2.75) is 0 Å². The Bertz CT molecular complexity index is 2760. The van der Waals surface area contributed by atoms with Crippen LogP contribution in [0.5, 0.6) is 0 Å². The molecule has 7 nitrogen and oxygen atoms in total. The van der Waals surface area contributed by atoms with Crippen LogP contribution in [0.1, 0.15) is 0 Å². The van der Waals surface area contributed by atoms with Crippen LogP contribution in [0.25, 0.3) is 88.9 Å². The molecule has 4 heterocycles. The minimum absolute atomic E-state index is 0.524. The van der Waals surface area contributed by atoms with Crippen molar-refractivity contribution < 1.29 is 0 Å². The summed E-state index contributed by atoms with van der Waals surface area (Å²) in [7, 11) is 0. The first-order valence-corrected chi connectivity index (χ1v) is 15.9. The van der Waals surface area contributed by atoms with Gasteiger partial charge in [0.2, 0.25) is 5.95 Å². The molecular weight excluding hydrogens is 591 g/mol. The number of hydrogen-bond donors (Lipinski definition) is 0. The van der Waals surface area contributed by atoms with E-state index in [9.17, 15) is 0 Å². The molecule has 0 bridgehead atoms. The highest BCUT2D eigenvalue weighted by atomic mass is 15.2. The standard InChI is InChI=1S/C41H25N7/c1-4-12-26(13-5-1)39-44-40(27-14-6-2-7-15-27)46-41(45-39)48-36-31(22-23-34-33(36)24-42-25-43-34)32-21-20-30-29-18-10-11-19-35(29)47(37(30)38(32)48)28-16-8-3-9-17-28/h1-25H. The second kappa shape index (κ2) is 10.4. The zero-order valence-corrected chi connectivity index (χ0v) is 25.6. The van der Waals surface area contributed by atoms with Crippen molar-refractivity contribution in [3.63, 3.8) is 0 Å². The fraction of sp³-hybridized carbons (Fsp3) is 0.